The van der Waals surface area contributed by atoms with E-state index in [1.807, 2.05) is 13.8 Å². The molecule has 2 atom stereocenters. The first-order valence-corrected chi connectivity index (χ1v) is 7.80. The van der Waals surface area contributed by atoms with Gasteiger partial charge in [0, 0.05) is 5.92 Å². The van der Waals surface area contributed by atoms with Crippen molar-refractivity contribution in [2.75, 3.05) is 14.2 Å². The summed E-state index contributed by atoms with van der Waals surface area (Å²) < 4.78 is 9.72. The van der Waals surface area contributed by atoms with Crippen molar-refractivity contribution in [2.24, 2.45) is 23.2 Å². The number of ether oxygens (including phenoxy) is 2. The van der Waals surface area contributed by atoms with E-state index in [9.17, 15) is 14.4 Å². The van der Waals surface area contributed by atoms with E-state index >= 15 is 0 Å². The molecule has 0 amide bonds. The standard InChI is InChI=1S/C18H24O5/c1-9(2)10(3)14-13-8-18(16(20)22-5,17(21)23-6)7-12(13)11(4)15(14)19/h9,13-14H,3,7-8H2,1-2,4-6H3/t13?,14-/m0/s1. The minimum atomic E-state index is -1.35. The van der Waals surface area contributed by atoms with E-state index in [2.05, 4.69) is 6.58 Å². The average Bonchev–Trinajstić information content (AvgIpc) is 3.02. The first kappa shape index (κ1) is 17.4. The number of carbonyl (C=O) groups excluding carboxylic acids is 3. The lowest BCUT2D eigenvalue weighted by atomic mass is 9.77. The predicted molar refractivity (Wildman–Crippen MR) is 84.4 cm³/mol. The number of hydrogen-bond donors (Lipinski definition) is 0. The molecule has 2 aliphatic carbocycles. The molecule has 2 aliphatic rings. The molecule has 0 heterocycles. The molecule has 1 fully saturated rings. The molecule has 5 heteroatoms. The van der Waals surface area contributed by atoms with Crippen LogP contribution in [0.4, 0.5) is 0 Å². The van der Waals surface area contributed by atoms with E-state index in [-0.39, 0.29) is 36.4 Å². The summed E-state index contributed by atoms with van der Waals surface area (Å²) in [6.07, 6.45) is 0.428. The maximum Gasteiger partial charge on any atom is 0.323 e. The fourth-order valence-corrected chi connectivity index (χ4v) is 3.90. The molecule has 5 nitrogen and oxygen atoms in total. The van der Waals surface area contributed by atoms with Gasteiger partial charge >= 0.3 is 11.9 Å². The SMILES string of the molecule is C=C(C(C)C)[C@@H]1C(=O)C(C)=C2CC(C(=O)OC)(C(=O)OC)CC21. The quantitative estimate of drug-likeness (QED) is 0.452. The molecule has 0 aromatic rings. The molecule has 2 rings (SSSR count). The van der Waals surface area contributed by atoms with Crippen LogP contribution in [0.2, 0.25) is 0 Å². The van der Waals surface area contributed by atoms with Gasteiger partial charge < -0.3 is 9.47 Å². The van der Waals surface area contributed by atoms with Crippen LogP contribution in [0.5, 0.6) is 0 Å². The number of hydrogen-bond acceptors (Lipinski definition) is 5. The van der Waals surface area contributed by atoms with Crippen LogP contribution in [0.25, 0.3) is 0 Å². The highest BCUT2D eigenvalue weighted by Gasteiger charge is 2.60. The summed E-state index contributed by atoms with van der Waals surface area (Å²) in [5.41, 5.74) is 1.02. The first-order valence-electron chi connectivity index (χ1n) is 7.80. The zero-order chi connectivity index (χ0) is 17.5. The van der Waals surface area contributed by atoms with Gasteiger partial charge in [0.25, 0.3) is 0 Å². The monoisotopic (exact) mass is 320 g/mol. The van der Waals surface area contributed by atoms with Crippen molar-refractivity contribution >= 4 is 17.7 Å². The third-order valence-electron chi connectivity index (χ3n) is 5.34. The van der Waals surface area contributed by atoms with E-state index < -0.39 is 17.4 Å². The van der Waals surface area contributed by atoms with Crippen LogP contribution >= 0.6 is 0 Å². The maximum atomic E-state index is 12.6. The van der Waals surface area contributed by atoms with E-state index in [1.54, 1.807) is 6.92 Å². The van der Waals surface area contributed by atoms with Crippen molar-refractivity contribution < 1.29 is 23.9 Å². The lowest BCUT2D eigenvalue weighted by molar-refractivity contribution is -0.169. The summed E-state index contributed by atoms with van der Waals surface area (Å²) in [5.74, 6) is -1.51. The van der Waals surface area contributed by atoms with Gasteiger partial charge in [0.1, 0.15) is 0 Å². The minimum absolute atomic E-state index is 0.0621. The second kappa shape index (κ2) is 5.95. The molecule has 0 spiro atoms. The average molecular weight is 320 g/mol. The van der Waals surface area contributed by atoms with Crippen LogP contribution in [-0.2, 0) is 23.9 Å². The Kier molecular flexibility index (Phi) is 4.51. The summed E-state index contributed by atoms with van der Waals surface area (Å²) in [4.78, 5) is 37.2. The number of esters is 2. The van der Waals surface area contributed by atoms with E-state index in [0.717, 1.165) is 11.1 Å². The third kappa shape index (κ3) is 2.42. The Morgan fingerprint density at radius 2 is 1.74 bits per heavy atom. The number of fused-ring (bicyclic) bond motifs is 1. The van der Waals surface area contributed by atoms with Crippen molar-refractivity contribution in [3.8, 4) is 0 Å². The van der Waals surface area contributed by atoms with Crippen molar-refractivity contribution in [1.29, 1.82) is 0 Å². The number of allylic oxidation sites excluding steroid dienone is 3. The van der Waals surface area contributed by atoms with Crippen molar-refractivity contribution in [3.63, 3.8) is 0 Å². The van der Waals surface area contributed by atoms with Gasteiger partial charge in [-0.1, -0.05) is 31.6 Å². The summed E-state index contributed by atoms with van der Waals surface area (Å²) in [6.45, 7) is 9.83. The second-order valence-electron chi connectivity index (χ2n) is 6.77. The minimum Gasteiger partial charge on any atom is -0.468 e. The molecule has 0 bridgehead atoms. The van der Waals surface area contributed by atoms with Gasteiger partial charge in [-0.25, -0.2) is 0 Å². The summed E-state index contributed by atoms with van der Waals surface area (Å²) in [5, 5.41) is 0. The Balaban J connectivity index is 2.48. The van der Waals surface area contributed by atoms with Gasteiger partial charge in [-0.05, 0) is 37.2 Å². The Morgan fingerprint density at radius 1 is 1.22 bits per heavy atom. The lowest BCUT2D eigenvalue weighted by Crippen LogP contribution is -2.40. The zero-order valence-electron chi connectivity index (χ0n) is 14.4. The number of ketones is 1. The molecule has 1 saturated carbocycles. The third-order valence-corrected chi connectivity index (χ3v) is 5.34. The largest absolute Gasteiger partial charge is 0.468 e. The smallest absolute Gasteiger partial charge is 0.323 e. The number of methoxy groups -OCH3 is 2. The Bertz CT molecular complexity index is 595. The van der Waals surface area contributed by atoms with E-state index in [0.29, 0.717) is 5.57 Å². The van der Waals surface area contributed by atoms with Gasteiger partial charge in [0.2, 0.25) is 0 Å². The van der Waals surface area contributed by atoms with E-state index in [1.165, 1.54) is 14.2 Å². The molecular formula is C18H24O5. The molecule has 23 heavy (non-hydrogen) atoms. The fraction of sp³-hybridized carbons (Fsp3) is 0.611. The van der Waals surface area contributed by atoms with Crippen LogP contribution in [0.3, 0.4) is 0 Å². The van der Waals surface area contributed by atoms with Gasteiger partial charge in [-0.15, -0.1) is 0 Å². The molecule has 126 valence electrons. The number of Topliss-reactive ketones (excluding diaryl/α,β-unsaturated/α-hetero) is 1. The fourth-order valence-electron chi connectivity index (χ4n) is 3.90. The normalized spacial score (nSPS) is 25.6. The number of rotatable bonds is 4. The lowest BCUT2D eigenvalue weighted by Gasteiger charge is -2.26. The van der Waals surface area contributed by atoms with Gasteiger partial charge in [-0.2, -0.15) is 0 Å². The van der Waals surface area contributed by atoms with Crippen molar-refractivity contribution in [3.05, 3.63) is 23.3 Å². The van der Waals surface area contributed by atoms with Crippen LogP contribution in [0, 0.1) is 23.2 Å². The second-order valence-corrected chi connectivity index (χ2v) is 6.77. The number of carbonyl (C=O) groups is 3. The Morgan fingerprint density at radius 3 is 2.17 bits per heavy atom. The molecule has 0 aliphatic heterocycles. The first-order chi connectivity index (χ1) is 10.7. The summed E-state index contributed by atoms with van der Waals surface area (Å²) in [6, 6.07) is 0. The Labute approximate surface area is 136 Å². The molecule has 0 aromatic heterocycles. The van der Waals surface area contributed by atoms with Gasteiger partial charge in [0.05, 0.1) is 14.2 Å². The molecular weight excluding hydrogens is 296 g/mol. The summed E-state index contributed by atoms with van der Waals surface area (Å²) in [7, 11) is 2.52. The highest BCUT2D eigenvalue weighted by Crippen LogP contribution is 2.56. The molecule has 0 aromatic carbocycles. The van der Waals surface area contributed by atoms with Gasteiger partial charge in [0.15, 0.2) is 11.2 Å². The van der Waals surface area contributed by atoms with Crippen molar-refractivity contribution in [1.82, 2.24) is 0 Å². The molecule has 0 saturated heterocycles. The Hall–Kier alpha value is -1.91. The summed E-state index contributed by atoms with van der Waals surface area (Å²) >= 11 is 0. The van der Waals surface area contributed by atoms with Crippen LogP contribution in [0.15, 0.2) is 23.3 Å². The van der Waals surface area contributed by atoms with Crippen LogP contribution < -0.4 is 0 Å². The maximum absolute atomic E-state index is 12.6. The molecule has 1 unspecified atom stereocenters. The van der Waals surface area contributed by atoms with Gasteiger partial charge in [-0.3, -0.25) is 14.4 Å². The van der Waals surface area contributed by atoms with E-state index in [4.69, 9.17) is 9.47 Å². The van der Waals surface area contributed by atoms with Crippen molar-refractivity contribution in [2.45, 2.75) is 33.6 Å². The highest BCUT2D eigenvalue weighted by molar-refractivity contribution is 6.06. The van der Waals surface area contributed by atoms with Crippen LogP contribution in [0.1, 0.15) is 33.6 Å². The molecule has 0 N–H and O–H groups in total. The topological polar surface area (TPSA) is 69.7 Å². The zero-order valence-corrected chi connectivity index (χ0v) is 14.4. The van der Waals surface area contributed by atoms with Crippen LogP contribution in [-0.4, -0.2) is 31.9 Å². The predicted octanol–water partition coefficient (Wildman–Crippen LogP) is 2.46. The highest BCUT2D eigenvalue weighted by atomic mass is 16.5. The molecule has 0 radical (unpaired) electrons.